The SMILES string of the molecule is CC[N+]1(CCOCCOCCOC(C)[N+]2(CC)CCCC2)CCCC1.F[B-](F)(F)F.F[B-](F)(F)F. The molecule has 2 fully saturated rings. The quantitative estimate of drug-likeness (QED) is 0.141. The summed E-state index contributed by atoms with van der Waals surface area (Å²) in [4.78, 5) is 0. The summed E-state index contributed by atoms with van der Waals surface area (Å²) in [5, 5.41) is 0. The Morgan fingerprint density at radius 1 is 0.629 bits per heavy atom. The largest absolute Gasteiger partial charge is 0.673 e. The summed E-state index contributed by atoms with van der Waals surface area (Å²) in [6.45, 7) is 19.2. The van der Waals surface area contributed by atoms with Gasteiger partial charge in [0.15, 0.2) is 6.23 Å². The second-order valence-corrected chi connectivity index (χ2v) is 8.91. The molecule has 0 aliphatic carbocycles. The van der Waals surface area contributed by atoms with Gasteiger partial charge in [0.1, 0.15) is 6.54 Å². The zero-order valence-electron chi connectivity index (χ0n) is 21.2. The van der Waals surface area contributed by atoms with Crippen LogP contribution in [-0.4, -0.2) is 109 Å². The van der Waals surface area contributed by atoms with E-state index in [9.17, 15) is 34.5 Å². The first kappa shape index (κ1) is 34.4. The average molecular weight is 532 g/mol. The van der Waals surface area contributed by atoms with Crippen molar-refractivity contribution in [2.24, 2.45) is 0 Å². The Bertz CT molecular complexity index is 509. The molecule has 0 aromatic carbocycles. The molecule has 0 saturated carbocycles. The molecule has 5 nitrogen and oxygen atoms in total. The van der Waals surface area contributed by atoms with Gasteiger partial charge in [0.25, 0.3) is 0 Å². The predicted molar refractivity (Wildman–Crippen MR) is 122 cm³/mol. The monoisotopic (exact) mass is 532 g/mol. The number of nitrogens with zero attached hydrogens (tertiary/aromatic N) is 2. The van der Waals surface area contributed by atoms with Gasteiger partial charge < -0.3 is 53.2 Å². The third-order valence-electron chi connectivity index (χ3n) is 6.71. The molecule has 2 saturated heterocycles. The zero-order chi connectivity index (χ0) is 27.0. The standard InChI is InChI=1S/C20H42N2O3.2BF4/c1-4-21(10-6-7-11-21)14-15-23-16-17-24-18-19-25-20(3)22(5-2)12-8-9-13-22;2*2-1(3,4)5/h20H,4-19H2,1-3H3;;/q+2;2*-1. The lowest BCUT2D eigenvalue weighted by Crippen LogP contribution is -2.53. The molecule has 2 rings (SSSR count). The van der Waals surface area contributed by atoms with Crippen molar-refractivity contribution in [3.63, 3.8) is 0 Å². The third kappa shape index (κ3) is 18.3. The minimum Gasteiger partial charge on any atom is -0.418 e. The molecule has 0 N–H and O–H groups in total. The van der Waals surface area contributed by atoms with Crippen molar-refractivity contribution in [1.29, 1.82) is 0 Å². The summed E-state index contributed by atoms with van der Waals surface area (Å²) in [7, 11) is -12.0. The van der Waals surface area contributed by atoms with Crippen molar-refractivity contribution in [1.82, 2.24) is 0 Å². The van der Waals surface area contributed by atoms with Gasteiger partial charge in [-0.25, -0.2) is 0 Å². The van der Waals surface area contributed by atoms with Gasteiger partial charge >= 0.3 is 14.5 Å². The van der Waals surface area contributed by atoms with E-state index >= 15 is 0 Å². The van der Waals surface area contributed by atoms with Crippen LogP contribution in [0.4, 0.5) is 34.5 Å². The van der Waals surface area contributed by atoms with E-state index in [2.05, 4.69) is 20.8 Å². The van der Waals surface area contributed by atoms with Crippen LogP contribution >= 0.6 is 0 Å². The van der Waals surface area contributed by atoms with E-state index in [1.54, 1.807) is 0 Å². The predicted octanol–water partition coefficient (Wildman–Crippen LogP) is 5.24. The first-order valence-corrected chi connectivity index (χ1v) is 12.4. The Balaban J connectivity index is 0.000000975. The highest BCUT2D eigenvalue weighted by molar-refractivity contribution is 6.50. The lowest BCUT2D eigenvalue weighted by molar-refractivity contribution is -0.958. The van der Waals surface area contributed by atoms with E-state index in [-0.39, 0.29) is 0 Å². The number of hydrogen-bond acceptors (Lipinski definition) is 3. The van der Waals surface area contributed by atoms with E-state index in [1.165, 1.54) is 69.4 Å². The van der Waals surface area contributed by atoms with Crippen LogP contribution in [0.2, 0.25) is 0 Å². The Labute approximate surface area is 204 Å². The highest BCUT2D eigenvalue weighted by Gasteiger charge is 2.36. The van der Waals surface area contributed by atoms with Gasteiger partial charge in [-0.3, -0.25) is 4.48 Å². The molecule has 0 bridgehead atoms. The number of likely N-dealkylation sites (tertiary alicyclic amines) is 2. The highest BCUT2D eigenvalue weighted by atomic mass is 19.5. The molecule has 2 aliphatic heterocycles. The summed E-state index contributed by atoms with van der Waals surface area (Å²) in [5.41, 5.74) is 0. The van der Waals surface area contributed by atoms with Crippen LogP contribution in [-0.2, 0) is 14.2 Å². The van der Waals surface area contributed by atoms with E-state index < -0.39 is 14.5 Å². The molecular formula is C20H42B2F8N2O3. The fourth-order valence-corrected chi connectivity index (χ4v) is 4.62. The summed E-state index contributed by atoms with van der Waals surface area (Å²) < 4.78 is 97.9. The highest BCUT2D eigenvalue weighted by Crippen LogP contribution is 2.24. The van der Waals surface area contributed by atoms with Crippen molar-refractivity contribution >= 4 is 14.5 Å². The van der Waals surface area contributed by atoms with Gasteiger partial charge in [-0.15, -0.1) is 0 Å². The number of halogens is 8. The Morgan fingerprint density at radius 2 is 1.03 bits per heavy atom. The average Bonchev–Trinajstić information content (AvgIpc) is 3.41. The minimum absolute atomic E-state index is 0.293. The normalized spacial score (nSPS) is 20.0. The van der Waals surface area contributed by atoms with Crippen molar-refractivity contribution in [2.75, 3.05) is 78.8 Å². The maximum absolute atomic E-state index is 9.75. The molecule has 0 aromatic rings. The molecule has 2 heterocycles. The first-order chi connectivity index (χ1) is 16.2. The van der Waals surface area contributed by atoms with Crippen LogP contribution in [0.3, 0.4) is 0 Å². The maximum Gasteiger partial charge on any atom is 0.673 e. The Kier molecular flexibility index (Phi) is 16.7. The van der Waals surface area contributed by atoms with Crippen LogP contribution < -0.4 is 0 Å². The van der Waals surface area contributed by atoms with E-state index in [0.717, 1.165) is 17.6 Å². The van der Waals surface area contributed by atoms with Crippen molar-refractivity contribution in [2.45, 2.75) is 52.7 Å². The molecule has 0 aromatic heterocycles. The van der Waals surface area contributed by atoms with Gasteiger partial charge in [0, 0.05) is 32.6 Å². The molecule has 212 valence electrons. The third-order valence-corrected chi connectivity index (χ3v) is 6.71. The number of ether oxygens (including phenoxy) is 3. The van der Waals surface area contributed by atoms with Crippen LogP contribution in [0, 0.1) is 0 Å². The van der Waals surface area contributed by atoms with E-state index in [0.29, 0.717) is 32.7 Å². The van der Waals surface area contributed by atoms with Gasteiger partial charge in [-0.1, -0.05) is 0 Å². The summed E-state index contributed by atoms with van der Waals surface area (Å²) >= 11 is 0. The molecule has 1 unspecified atom stereocenters. The van der Waals surface area contributed by atoms with Crippen LogP contribution in [0.1, 0.15) is 46.5 Å². The van der Waals surface area contributed by atoms with Crippen molar-refractivity contribution < 1.29 is 57.7 Å². The summed E-state index contributed by atoms with van der Waals surface area (Å²) in [5.74, 6) is 0. The second kappa shape index (κ2) is 17.0. The van der Waals surface area contributed by atoms with E-state index in [1.807, 2.05) is 0 Å². The topological polar surface area (TPSA) is 27.7 Å². The molecule has 0 amide bonds. The van der Waals surface area contributed by atoms with Crippen molar-refractivity contribution in [3.8, 4) is 0 Å². The Morgan fingerprint density at radius 3 is 1.46 bits per heavy atom. The molecule has 2 aliphatic rings. The molecule has 15 heteroatoms. The zero-order valence-corrected chi connectivity index (χ0v) is 21.2. The smallest absolute Gasteiger partial charge is 0.418 e. The summed E-state index contributed by atoms with van der Waals surface area (Å²) in [6.07, 6.45) is 5.74. The first-order valence-electron chi connectivity index (χ1n) is 12.4. The van der Waals surface area contributed by atoms with Gasteiger partial charge in [-0.05, 0) is 13.8 Å². The molecule has 0 spiro atoms. The maximum atomic E-state index is 9.75. The van der Waals surface area contributed by atoms with Crippen LogP contribution in [0.25, 0.3) is 0 Å². The van der Waals surface area contributed by atoms with Crippen LogP contribution in [0.15, 0.2) is 0 Å². The van der Waals surface area contributed by atoms with Crippen molar-refractivity contribution in [3.05, 3.63) is 0 Å². The number of likely N-dealkylation sites (N-methyl/N-ethyl adjacent to an activating group) is 1. The fourth-order valence-electron chi connectivity index (χ4n) is 4.62. The molecule has 0 radical (unpaired) electrons. The summed E-state index contributed by atoms with van der Waals surface area (Å²) in [6, 6.07) is 0. The Hall–Kier alpha value is -0.630. The second-order valence-electron chi connectivity index (χ2n) is 8.91. The number of quaternary nitrogens is 2. The molecule has 35 heavy (non-hydrogen) atoms. The van der Waals surface area contributed by atoms with Gasteiger partial charge in [0.05, 0.1) is 72.3 Å². The number of hydrogen-bond donors (Lipinski definition) is 0. The van der Waals surface area contributed by atoms with Gasteiger partial charge in [-0.2, -0.15) is 0 Å². The van der Waals surface area contributed by atoms with Crippen LogP contribution in [0.5, 0.6) is 0 Å². The minimum atomic E-state index is -6.00. The number of rotatable bonds is 13. The molecular weight excluding hydrogens is 490 g/mol. The lowest BCUT2D eigenvalue weighted by atomic mass is 10.3. The van der Waals surface area contributed by atoms with Gasteiger partial charge in [0.2, 0.25) is 0 Å². The lowest BCUT2D eigenvalue weighted by Gasteiger charge is -2.38. The van der Waals surface area contributed by atoms with E-state index in [4.69, 9.17) is 14.2 Å². The fraction of sp³-hybridized carbons (Fsp3) is 1.00. The molecule has 1 atom stereocenters.